The number of aromatic carboxylic acids is 1. The Morgan fingerprint density at radius 3 is 2.76 bits per heavy atom. The standard InChI is InChI=1S/C16H14O5/c17-16(18)13-4-2-1-3-12(13)9-19-8-11-5-6-14-15(7-11)21-10-20-14/h1-7H,8-10H2,(H,17,18). The van der Waals surface area contributed by atoms with Crippen molar-refractivity contribution >= 4 is 5.97 Å². The number of fused-ring (bicyclic) bond motifs is 1. The maximum absolute atomic E-state index is 11.1. The lowest BCUT2D eigenvalue weighted by Crippen LogP contribution is -2.04. The molecule has 0 bridgehead atoms. The Labute approximate surface area is 121 Å². The van der Waals surface area contributed by atoms with Crippen molar-refractivity contribution in [1.29, 1.82) is 0 Å². The molecule has 0 unspecified atom stereocenters. The van der Waals surface area contributed by atoms with Crippen LogP contribution in [0.25, 0.3) is 0 Å². The molecule has 0 fully saturated rings. The van der Waals surface area contributed by atoms with Crippen LogP contribution >= 0.6 is 0 Å². The van der Waals surface area contributed by atoms with E-state index in [1.807, 2.05) is 18.2 Å². The van der Waals surface area contributed by atoms with Gasteiger partial charge >= 0.3 is 5.97 Å². The van der Waals surface area contributed by atoms with Crippen LogP contribution in [0, 0.1) is 0 Å². The fourth-order valence-corrected chi connectivity index (χ4v) is 2.16. The van der Waals surface area contributed by atoms with Gasteiger partial charge in [-0.1, -0.05) is 24.3 Å². The molecular formula is C16H14O5. The monoisotopic (exact) mass is 286 g/mol. The van der Waals surface area contributed by atoms with Crippen LogP contribution in [-0.4, -0.2) is 17.9 Å². The van der Waals surface area contributed by atoms with E-state index in [0.29, 0.717) is 17.9 Å². The van der Waals surface area contributed by atoms with E-state index in [1.54, 1.807) is 24.3 Å². The lowest BCUT2D eigenvalue weighted by Gasteiger charge is -2.08. The first kappa shape index (κ1) is 13.5. The minimum atomic E-state index is -0.947. The average Bonchev–Trinajstić information content (AvgIpc) is 2.95. The number of carboxylic acid groups (broad SMARTS) is 1. The molecule has 0 aromatic heterocycles. The summed E-state index contributed by atoms with van der Waals surface area (Å²) in [5.41, 5.74) is 1.88. The molecule has 0 saturated heterocycles. The zero-order valence-electron chi connectivity index (χ0n) is 11.2. The largest absolute Gasteiger partial charge is 0.478 e. The van der Waals surface area contributed by atoms with Crippen LogP contribution in [0.4, 0.5) is 0 Å². The van der Waals surface area contributed by atoms with Gasteiger partial charge in [0.05, 0.1) is 18.8 Å². The van der Waals surface area contributed by atoms with Crippen molar-refractivity contribution in [3.8, 4) is 11.5 Å². The van der Waals surface area contributed by atoms with Crippen molar-refractivity contribution in [2.75, 3.05) is 6.79 Å². The van der Waals surface area contributed by atoms with Crippen molar-refractivity contribution in [3.05, 3.63) is 59.2 Å². The molecule has 0 saturated carbocycles. The summed E-state index contributed by atoms with van der Waals surface area (Å²) in [5, 5.41) is 9.10. The molecule has 5 nitrogen and oxygen atoms in total. The van der Waals surface area contributed by atoms with Crippen LogP contribution < -0.4 is 9.47 Å². The Morgan fingerprint density at radius 1 is 1.10 bits per heavy atom. The van der Waals surface area contributed by atoms with E-state index < -0.39 is 5.97 Å². The molecule has 2 aromatic rings. The van der Waals surface area contributed by atoms with Crippen molar-refractivity contribution < 1.29 is 24.1 Å². The summed E-state index contributed by atoms with van der Waals surface area (Å²) in [4.78, 5) is 11.1. The lowest BCUT2D eigenvalue weighted by atomic mass is 10.1. The first-order chi connectivity index (χ1) is 10.2. The molecule has 0 radical (unpaired) electrons. The van der Waals surface area contributed by atoms with Gasteiger partial charge in [-0.2, -0.15) is 0 Å². The summed E-state index contributed by atoms with van der Waals surface area (Å²) in [6, 6.07) is 12.4. The van der Waals surface area contributed by atoms with Crippen LogP contribution in [0.3, 0.4) is 0 Å². The summed E-state index contributed by atoms with van der Waals surface area (Å²) in [7, 11) is 0. The number of rotatable bonds is 5. The molecule has 1 N–H and O–H groups in total. The molecule has 1 aliphatic heterocycles. The molecule has 21 heavy (non-hydrogen) atoms. The van der Waals surface area contributed by atoms with E-state index in [4.69, 9.17) is 19.3 Å². The van der Waals surface area contributed by atoms with Gasteiger partial charge in [-0.3, -0.25) is 0 Å². The second-order valence-corrected chi connectivity index (χ2v) is 4.64. The molecule has 0 amide bonds. The van der Waals surface area contributed by atoms with E-state index in [-0.39, 0.29) is 19.0 Å². The van der Waals surface area contributed by atoms with E-state index in [9.17, 15) is 4.79 Å². The van der Waals surface area contributed by atoms with Gasteiger partial charge in [0.15, 0.2) is 11.5 Å². The summed E-state index contributed by atoms with van der Waals surface area (Å²) in [6.45, 7) is 0.868. The van der Waals surface area contributed by atoms with Crippen LogP contribution in [0.2, 0.25) is 0 Å². The summed E-state index contributed by atoms with van der Waals surface area (Å²) < 4.78 is 16.1. The molecule has 0 aliphatic carbocycles. The number of carbonyl (C=O) groups is 1. The third kappa shape index (κ3) is 2.98. The zero-order chi connectivity index (χ0) is 14.7. The lowest BCUT2D eigenvalue weighted by molar-refractivity contribution is 0.0684. The Kier molecular flexibility index (Phi) is 3.75. The predicted octanol–water partition coefficient (Wildman–Crippen LogP) is 2.83. The summed E-state index contributed by atoms with van der Waals surface area (Å²) >= 11 is 0. The number of hydrogen-bond acceptors (Lipinski definition) is 4. The molecule has 3 rings (SSSR count). The van der Waals surface area contributed by atoms with Gasteiger partial charge in [-0.05, 0) is 29.3 Å². The quantitative estimate of drug-likeness (QED) is 0.915. The third-order valence-corrected chi connectivity index (χ3v) is 3.21. The molecule has 5 heteroatoms. The Bertz CT molecular complexity index is 665. The first-order valence-electron chi connectivity index (χ1n) is 6.51. The minimum Gasteiger partial charge on any atom is -0.478 e. The highest BCUT2D eigenvalue weighted by Crippen LogP contribution is 2.32. The fourth-order valence-electron chi connectivity index (χ4n) is 2.16. The SMILES string of the molecule is O=C(O)c1ccccc1COCc1ccc2c(c1)OCO2. The van der Waals surface area contributed by atoms with Crippen LogP contribution in [0.15, 0.2) is 42.5 Å². The van der Waals surface area contributed by atoms with E-state index in [1.165, 1.54) is 0 Å². The van der Waals surface area contributed by atoms with Crippen molar-refractivity contribution in [1.82, 2.24) is 0 Å². The number of benzene rings is 2. The minimum absolute atomic E-state index is 0.242. The zero-order valence-corrected chi connectivity index (χ0v) is 11.2. The van der Waals surface area contributed by atoms with Crippen molar-refractivity contribution in [3.63, 3.8) is 0 Å². The topological polar surface area (TPSA) is 65.0 Å². The van der Waals surface area contributed by atoms with Crippen LogP contribution in [0.1, 0.15) is 21.5 Å². The number of carboxylic acids is 1. The molecule has 108 valence electrons. The van der Waals surface area contributed by atoms with Gasteiger partial charge < -0.3 is 19.3 Å². The molecular weight excluding hydrogens is 272 g/mol. The predicted molar refractivity (Wildman–Crippen MR) is 74.5 cm³/mol. The van der Waals surface area contributed by atoms with E-state index >= 15 is 0 Å². The van der Waals surface area contributed by atoms with Gasteiger partial charge in [0.1, 0.15) is 0 Å². The highest BCUT2D eigenvalue weighted by molar-refractivity contribution is 5.89. The van der Waals surface area contributed by atoms with Crippen LogP contribution in [-0.2, 0) is 18.0 Å². The average molecular weight is 286 g/mol. The number of ether oxygens (including phenoxy) is 3. The molecule has 0 spiro atoms. The summed E-state index contributed by atoms with van der Waals surface area (Å²) in [5.74, 6) is 0.495. The van der Waals surface area contributed by atoms with Gasteiger partial charge in [-0.15, -0.1) is 0 Å². The first-order valence-corrected chi connectivity index (χ1v) is 6.51. The molecule has 1 heterocycles. The van der Waals surface area contributed by atoms with Gasteiger partial charge in [0.2, 0.25) is 6.79 Å². The fraction of sp³-hybridized carbons (Fsp3) is 0.188. The normalized spacial score (nSPS) is 12.4. The van der Waals surface area contributed by atoms with Crippen molar-refractivity contribution in [2.45, 2.75) is 13.2 Å². The Balaban J connectivity index is 1.63. The maximum Gasteiger partial charge on any atom is 0.336 e. The second kappa shape index (κ2) is 5.85. The smallest absolute Gasteiger partial charge is 0.336 e. The van der Waals surface area contributed by atoms with Crippen molar-refractivity contribution in [2.24, 2.45) is 0 Å². The Hall–Kier alpha value is -2.53. The van der Waals surface area contributed by atoms with E-state index in [2.05, 4.69) is 0 Å². The van der Waals surface area contributed by atoms with E-state index in [0.717, 1.165) is 11.3 Å². The second-order valence-electron chi connectivity index (χ2n) is 4.64. The Morgan fingerprint density at radius 2 is 1.90 bits per heavy atom. The van der Waals surface area contributed by atoms with Gasteiger partial charge in [0.25, 0.3) is 0 Å². The molecule has 0 atom stereocenters. The maximum atomic E-state index is 11.1. The third-order valence-electron chi connectivity index (χ3n) is 3.21. The number of hydrogen-bond donors (Lipinski definition) is 1. The van der Waals surface area contributed by atoms with Gasteiger partial charge in [0, 0.05) is 0 Å². The van der Waals surface area contributed by atoms with Crippen LogP contribution in [0.5, 0.6) is 11.5 Å². The molecule has 1 aliphatic rings. The van der Waals surface area contributed by atoms with Gasteiger partial charge in [-0.25, -0.2) is 4.79 Å². The molecule has 2 aromatic carbocycles. The highest BCUT2D eigenvalue weighted by atomic mass is 16.7. The summed E-state index contributed by atoms with van der Waals surface area (Å²) in [6.07, 6.45) is 0. The highest BCUT2D eigenvalue weighted by Gasteiger charge is 2.13.